The molecule has 0 aliphatic heterocycles. The zero-order valence-corrected chi connectivity index (χ0v) is 16.1. The average Bonchev–Trinajstić information content (AvgIpc) is 2.68. The second kappa shape index (κ2) is 8.36. The van der Waals surface area contributed by atoms with Gasteiger partial charge in [-0.1, -0.05) is 12.1 Å². The highest BCUT2D eigenvalue weighted by Crippen LogP contribution is 2.28. The van der Waals surface area contributed by atoms with Crippen molar-refractivity contribution in [3.05, 3.63) is 54.1 Å². The van der Waals surface area contributed by atoms with Gasteiger partial charge in [0.15, 0.2) is 0 Å². The third-order valence-corrected chi connectivity index (χ3v) is 6.53. The summed E-state index contributed by atoms with van der Waals surface area (Å²) in [4.78, 5) is 11.6. The van der Waals surface area contributed by atoms with Crippen molar-refractivity contribution < 1.29 is 26.7 Å². The first-order chi connectivity index (χ1) is 13.3. The van der Waals surface area contributed by atoms with Gasteiger partial charge in [0.25, 0.3) is 0 Å². The van der Waals surface area contributed by atoms with E-state index in [0.29, 0.717) is 31.2 Å². The van der Waals surface area contributed by atoms with Gasteiger partial charge in [0.1, 0.15) is 11.6 Å². The minimum Gasteiger partial charge on any atom is -0.469 e. The van der Waals surface area contributed by atoms with Crippen LogP contribution in [0.3, 0.4) is 0 Å². The van der Waals surface area contributed by atoms with E-state index in [0.717, 1.165) is 12.1 Å². The van der Waals surface area contributed by atoms with Gasteiger partial charge in [-0.2, -0.15) is 0 Å². The fourth-order valence-electron chi connectivity index (χ4n) is 3.44. The van der Waals surface area contributed by atoms with Crippen molar-refractivity contribution in [3.8, 4) is 11.1 Å². The number of hydrogen-bond acceptors (Lipinski definition) is 4. The molecule has 2 aromatic rings. The van der Waals surface area contributed by atoms with E-state index >= 15 is 0 Å². The summed E-state index contributed by atoms with van der Waals surface area (Å²) in [5.74, 6) is -1.83. The fourth-order valence-corrected chi connectivity index (χ4v) is 4.74. The Balaban J connectivity index is 1.68. The van der Waals surface area contributed by atoms with Crippen LogP contribution < -0.4 is 4.72 Å². The summed E-state index contributed by atoms with van der Waals surface area (Å²) < 4.78 is 59.5. The molecule has 1 aliphatic rings. The number of carbonyl (C=O) groups is 1. The number of benzene rings is 2. The van der Waals surface area contributed by atoms with Crippen LogP contribution in [0.2, 0.25) is 0 Å². The predicted molar refractivity (Wildman–Crippen MR) is 99.9 cm³/mol. The van der Waals surface area contributed by atoms with Gasteiger partial charge in [-0.15, -0.1) is 0 Å². The first-order valence-electron chi connectivity index (χ1n) is 8.96. The summed E-state index contributed by atoms with van der Waals surface area (Å²) in [6.07, 6.45) is 2.25. The van der Waals surface area contributed by atoms with Crippen LogP contribution in [-0.4, -0.2) is 27.5 Å². The first kappa shape index (κ1) is 20.4. The predicted octanol–water partition coefficient (Wildman–Crippen LogP) is 3.64. The third kappa shape index (κ3) is 4.56. The zero-order valence-electron chi connectivity index (χ0n) is 15.3. The number of hydrogen-bond donors (Lipinski definition) is 1. The lowest BCUT2D eigenvalue weighted by Gasteiger charge is -2.27. The molecule has 1 fully saturated rings. The molecule has 0 heterocycles. The van der Waals surface area contributed by atoms with Gasteiger partial charge in [-0.05, 0) is 55.5 Å². The van der Waals surface area contributed by atoms with Crippen molar-refractivity contribution in [2.45, 2.75) is 36.6 Å². The third-order valence-electron chi connectivity index (χ3n) is 4.99. The number of esters is 1. The van der Waals surface area contributed by atoms with Crippen LogP contribution in [0.4, 0.5) is 8.78 Å². The van der Waals surface area contributed by atoms with Gasteiger partial charge in [0, 0.05) is 17.7 Å². The van der Waals surface area contributed by atoms with Crippen molar-refractivity contribution in [1.82, 2.24) is 4.72 Å². The average molecular weight is 409 g/mol. The first-order valence-corrected chi connectivity index (χ1v) is 10.4. The zero-order chi connectivity index (χ0) is 20.3. The Bertz CT molecular complexity index is 953. The van der Waals surface area contributed by atoms with E-state index in [-0.39, 0.29) is 28.4 Å². The number of halogens is 2. The molecule has 0 radical (unpaired) electrons. The quantitative estimate of drug-likeness (QED) is 0.766. The maximum absolute atomic E-state index is 13.9. The molecule has 3 rings (SSSR count). The minimum absolute atomic E-state index is 0.0638. The molecule has 5 nitrogen and oxygen atoms in total. The van der Waals surface area contributed by atoms with E-state index in [1.165, 1.54) is 37.4 Å². The Morgan fingerprint density at radius 3 is 2.25 bits per heavy atom. The Morgan fingerprint density at radius 2 is 1.68 bits per heavy atom. The molecule has 0 atom stereocenters. The van der Waals surface area contributed by atoms with Crippen LogP contribution in [-0.2, 0) is 19.6 Å². The lowest BCUT2D eigenvalue weighted by Crippen LogP contribution is -2.38. The molecular weight excluding hydrogens is 388 g/mol. The minimum atomic E-state index is -3.74. The SMILES string of the molecule is COC(=O)[C@H]1CC[C@H](NS(=O)(=O)c2ccc(-c3ccc(F)cc3F)cc2)CC1. The molecule has 1 N–H and O–H groups in total. The largest absolute Gasteiger partial charge is 0.469 e. The molecule has 0 spiro atoms. The number of nitrogens with one attached hydrogen (secondary N) is 1. The highest BCUT2D eigenvalue weighted by molar-refractivity contribution is 7.89. The summed E-state index contributed by atoms with van der Waals surface area (Å²) in [5.41, 5.74) is 0.648. The van der Waals surface area contributed by atoms with Crippen molar-refractivity contribution in [3.63, 3.8) is 0 Å². The van der Waals surface area contributed by atoms with Gasteiger partial charge in [0.05, 0.1) is 17.9 Å². The topological polar surface area (TPSA) is 72.5 Å². The molecule has 150 valence electrons. The standard InChI is InChI=1S/C20H21F2NO4S/c1-27-20(24)14-2-7-16(8-3-14)23-28(25,26)17-9-4-13(5-10-17)18-11-6-15(21)12-19(18)22/h4-6,9-12,14,16,23H,2-3,7-8H2,1H3/t14-,16-. The highest BCUT2D eigenvalue weighted by atomic mass is 32.2. The molecule has 8 heteroatoms. The second-order valence-corrected chi connectivity index (χ2v) is 8.56. The van der Waals surface area contributed by atoms with Gasteiger partial charge < -0.3 is 4.74 Å². The van der Waals surface area contributed by atoms with Gasteiger partial charge in [-0.25, -0.2) is 21.9 Å². The van der Waals surface area contributed by atoms with E-state index in [1.807, 2.05) is 0 Å². The lowest BCUT2D eigenvalue weighted by atomic mass is 9.86. The van der Waals surface area contributed by atoms with Crippen LogP contribution in [0.15, 0.2) is 47.4 Å². The summed E-state index contributed by atoms with van der Waals surface area (Å²) in [5, 5.41) is 0. The lowest BCUT2D eigenvalue weighted by molar-refractivity contribution is -0.146. The fraction of sp³-hybridized carbons (Fsp3) is 0.350. The van der Waals surface area contributed by atoms with Gasteiger partial charge in [0.2, 0.25) is 10.0 Å². The van der Waals surface area contributed by atoms with E-state index in [1.54, 1.807) is 0 Å². The summed E-state index contributed by atoms with van der Waals surface area (Å²) >= 11 is 0. The van der Waals surface area contributed by atoms with Crippen LogP contribution in [0.25, 0.3) is 11.1 Å². The molecule has 1 aliphatic carbocycles. The normalized spacial score (nSPS) is 20.0. The van der Waals surface area contributed by atoms with Crippen molar-refractivity contribution in [2.75, 3.05) is 7.11 Å². The van der Waals surface area contributed by atoms with Crippen LogP contribution in [0.5, 0.6) is 0 Å². The molecule has 0 amide bonds. The highest BCUT2D eigenvalue weighted by Gasteiger charge is 2.29. The Hall–Kier alpha value is -2.32. The Labute approximate surface area is 162 Å². The monoisotopic (exact) mass is 409 g/mol. The van der Waals surface area contributed by atoms with E-state index < -0.39 is 21.7 Å². The van der Waals surface area contributed by atoms with Crippen LogP contribution in [0.1, 0.15) is 25.7 Å². The van der Waals surface area contributed by atoms with E-state index in [4.69, 9.17) is 4.74 Å². The molecule has 0 saturated heterocycles. The summed E-state index contributed by atoms with van der Waals surface area (Å²) in [7, 11) is -2.39. The number of rotatable bonds is 5. The van der Waals surface area contributed by atoms with Crippen LogP contribution in [0, 0.1) is 17.6 Å². The maximum atomic E-state index is 13.9. The van der Waals surface area contributed by atoms with E-state index in [2.05, 4.69) is 4.72 Å². The van der Waals surface area contributed by atoms with Gasteiger partial charge in [-0.3, -0.25) is 4.79 Å². The smallest absolute Gasteiger partial charge is 0.308 e. The molecule has 0 bridgehead atoms. The molecule has 0 aromatic heterocycles. The Morgan fingerprint density at radius 1 is 1.04 bits per heavy atom. The summed E-state index contributed by atoms with van der Waals surface area (Å²) in [6.45, 7) is 0. The van der Waals surface area contributed by atoms with E-state index in [9.17, 15) is 22.0 Å². The van der Waals surface area contributed by atoms with Crippen molar-refractivity contribution in [2.24, 2.45) is 5.92 Å². The van der Waals surface area contributed by atoms with Crippen molar-refractivity contribution >= 4 is 16.0 Å². The number of methoxy groups -OCH3 is 1. The number of ether oxygens (including phenoxy) is 1. The second-order valence-electron chi connectivity index (χ2n) is 6.84. The maximum Gasteiger partial charge on any atom is 0.308 e. The Kier molecular flexibility index (Phi) is 6.10. The summed E-state index contributed by atoms with van der Waals surface area (Å²) in [6, 6.07) is 8.74. The number of sulfonamides is 1. The molecular formula is C20H21F2NO4S. The van der Waals surface area contributed by atoms with Crippen LogP contribution >= 0.6 is 0 Å². The number of carbonyl (C=O) groups excluding carboxylic acids is 1. The molecule has 1 saturated carbocycles. The molecule has 0 unspecified atom stereocenters. The van der Waals surface area contributed by atoms with Crippen molar-refractivity contribution in [1.29, 1.82) is 0 Å². The molecule has 2 aromatic carbocycles. The molecule has 28 heavy (non-hydrogen) atoms. The van der Waals surface area contributed by atoms with Gasteiger partial charge >= 0.3 is 5.97 Å².